The van der Waals surface area contributed by atoms with Gasteiger partial charge in [-0.2, -0.15) is 0 Å². The van der Waals surface area contributed by atoms with Gasteiger partial charge in [0.1, 0.15) is 5.69 Å². The fourth-order valence-corrected chi connectivity index (χ4v) is 2.68. The summed E-state index contributed by atoms with van der Waals surface area (Å²) in [6.45, 7) is 3.84. The standard InChI is InChI=1S/C16H16N2O/c1-4-15(19)12-9-14-16(10(2)17-12)11-7-5-6-8-13(11)18(14)3/h5-9H,4H2,1-3H3. The summed E-state index contributed by atoms with van der Waals surface area (Å²) in [5.74, 6) is 0.0928. The molecule has 0 aliphatic rings. The first-order valence-electron chi connectivity index (χ1n) is 6.51. The molecule has 0 atom stereocenters. The third kappa shape index (κ3) is 1.65. The molecule has 19 heavy (non-hydrogen) atoms. The predicted molar refractivity (Wildman–Crippen MR) is 77.6 cm³/mol. The highest BCUT2D eigenvalue weighted by atomic mass is 16.1. The van der Waals surface area contributed by atoms with Crippen LogP contribution in [0.4, 0.5) is 0 Å². The number of hydrogen-bond donors (Lipinski definition) is 0. The first-order chi connectivity index (χ1) is 9.13. The summed E-state index contributed by atoms with van der Waals surface area (Å²) in [4.78, 5) is 16.3. The van der Waals surface area contributed by atoms with Crippen LogP contribution in [0.3, 0.4) is 0 Å². The summed E-state index contributed by atoms with van der Waals surface area (Å²) in [5, 5.41) is 2.34. The number of fused-ring (bicyclic) bond motifs is 3. The molecule has 0 fully saturated rings. The van der Waals surface area contributed by atoms with Gasteiger partial charge in [0.15, 0.2) is 5.78 Å². The van der Waals surface area contributed by atoms with Crippen molar-refractivity contribution >= 4 is 27.6 Å². The van der Waals surface area contributed by atoms with Gasteiger partial charge in [0.05, 0.1) is 5.52 Å². The van der Waals surface area contributed by atoms with Crippen molar-refractivity contribution in [3.05, 3.63) is 41.7 Å². The van der Waals surface area contributed by atoms with Crippen molar-refractivity contribution < 1.29 is 4.79 Å². The molecule has 3 aromatic rings. The van der Waals surface area contributed by atoms with Crippen LogP contribution < -0.4 is 0 Å². The normalized spacial score (nSPS) is 11.3. The Morgan fingerprint density at radius 3 is 2.74 bits per heavy atom. The van der Waals surface area contributed by atoms with Gasteiger partial charge in [0.25, 0.3) is 0 Å². The maximum atomic E-state index is 11.9. The molecule has 0 unspecified atom stereocenters. The van der Waals surface area contributed by atoms with Crippen LogP contribution in [0.15, 0.2) is 30.3 Å². The molecule has 0 saturated heterocycles. The maximum Gasteiger partial charge on any atom is 0.180 e. The molecule has 0 aliphatic heterocycles. The average molecular weight is 252 g/mol. The van der Waals surface area contributed by atoms with E-state index in [1.165, 1.54) is 10.9 Å². The van der Waals surface area contributed by atoms with Crippen molar-refractivity contribution in [1.82, 2.24) is 9.55 Å². The van der Waals surface area contributed by atoms with Crippen LogP contribution in [0.5, 0.6) is 0 Å². The van der Waals surface area contributed by atoms with Crippen LogP contribution >= 0.6 is 0 Å². The van der Waals surface area contributed by atoms with E-state index in [0.29, 0.717) is 12.1 Å². The molecule has 0 saturated carbocycles. The summed E-state index contributed by atoms with van der Waals surface area (Å²) in [6, 6.07) is 10.2. The monoisotopic (exact) mass is 252 g/mol. The van der Waals surface area contributed by atoms with Crippen molar-refractivity contribution in [2.45, 2.75) is 20.3 Å². The molecule has 0 amide bonds. The number of rotatable bonds is 2. The second kappa shape index (κ2) is 4.19. The van der Waals surface area contributed by atoms with Gasteiger partial charge in [-0.05, 0) is 19.1 Å². The van der Waals surface area contributed by atoms with E-state index in [-0.39, 0.29) is 5.78 Å². The Hall–Kier alpha value is -2.16. The number of para-hydroxylation sites is 1. The van der Waals surface area contributed by atoms with Crippen molar-refractivity contribution in [3.8, 4) is 0 Å². The Morgan fingerprint density at radius 1 is 1.26 bits per heavy atom. The van der Waals surface area contributed by atoms with E-state index >= 15 is 0 Å². The third-order valence-electron chi connectivity index (χ3n) is 3.68. The number of pyridine rings is 1. The van der Waals surface area contributed by atoms with E-state index < -0.39 is 0 Å². The minimum absolute atomic E-state index is 0.0928. The third-order valence-corrected chi connectivity index (χ3v) is 3.68. The number of carbonyl (C=O) groups excluding carboxylic acids is 1. The number of ketones is 1. The van der Waals surface area contributed by atoms with Crippen LogP contribution in [0.25, 0.3) is 21.8 Å². The van der Waals surface area contributed by atoms with Gasteiger partial charge in [-0.15, -0.1) is 0 Å². The van der Waals surface area contributed by atoms with Crippen LogP contribution in [0.1, 0.15) is 29.5 Å². The van der Waals surface area contributed by atoms with Crippen molar-refractivity contribution in [3.63, 3.8) is 0 Å². The van der Waals surface area contributed by atoms with Crippen LogP contribution in [0.2, 0.25) is 0 Å². The fraction of sp³-hybridized carbons (Fsp3) is 0.250. The molecule has 2 heterocycles. The Labute approximate surface area is 111 Å². The molecule has 3 heteroatoms. The zero-order valence-electron chi connectivity index (χ0n) is 11.4. The fourth-order valence-electron chi connectivity index (χ4n) is 2.68. The van der Waals surface area contributed by atoms with Crippen molar-refractivity contribution in [2.24, 2.45) is 7.05 Å². The van der Waals surface area contributed by atoms with Gasteiger partial charge in [-0.1, -0.05) is 25.1 Å². The Morgan fingerprint density at radius 2 is 2.00 bits per heavy atom. The number of carbonyl (C=O) groups is 1. The maximum absolute atomic E-state index is 11.9. The summed E-state index contributed by atoms with van der Waals surface area (Å²) in [6.07, 6.45) is 0.488. The van der Waals surface area contributed by atoms with E-state index in [4.69, 9.17) is 0 Å². The van der Waals surface area contributed by atoms with E-state index in [9.17, 15) is 4.79 Å². The van der Waals surface area contributed by atoms with Gasteiger partial charge in [0, 0.05) is 35.5 Å². The number of hydrogen-bond acceptors (Lipinski definition) is 2. The molecule has 0 radical (unpaired) electrons. The number of aromatic nitrogens is 2. The van der Waals surface area contributed by atoms with Crippen molar-refractivity contribution in [1.29, 1.82) is 0 Å². The molecule has 2 aromatic heterocycles. The quantitative estimate of drug-likeness (QED) is 0.653. The molecule has 0 N–H and O–H groups in total. The first-order valence-corrected chi connectivity index (χ1v) is 6.51. The molecule has 0 bridgehead atoms. The van der Waals surface area contributed by atoms with Gasteiger partial charge >= 0.3 is 0 Å². The molecule has 3 rings (SSSR count). The van der Waals surface area contributed by atoms with Gasteiger partial charge in [-0.3, -0.25) is 4.79 Å². The highest BCUT2D eigenvalue weighted by Gasteiger charge is 2.14. The highest BCUT2D eigenvalue weighted by molar-refractivity contribution is 6.10. The Kier molecular flexibility index (Phi) is 2.63. The second-order valence-corrected chi connectivity index (χ2v) is 4.84. The van der Waals surface area contributed by atoms with Gasteiger partial charge in [0.2, 0.25) is 0 Å². The lowest BCUT2D eigenvalue weighted by molar-refractivity contribution is 0.0983. The summed E-state index contributed by atoms with van der Waals surface area (Å²) < 4.78 is 2.13. The summed E-state index contributed by atoms with van der Waals surface area (Å²) in [5.41, 5.74) is 3.73. The Bertz CT molecular complexity index is 799. The zero-order chi connectivity index (χ0) is 13.6. The molecule has 96 valence electrons. The van der Waals surface area contributed by atoms with E-state index in [0.717, 1.165) is 16.6 Å². The largest absolute Gasteiger partial charge is 0.343 e. The topological polar surface area (TPSA) is 34.9 Å². The van der Waals surface area contributed by atoms with Crippen molar-refractivity contribution in [2.75, 3.05) is 0 Å². The summed E-state index contributed by atoms with van der Waals surface area (Å²) >= 11 is 0. The first kappa shape index (κ1) is 11.9. The second-order valence-electron chi connectivity index (χ2n) is 4.84. The molecular formula is C16H16N2O. The van der Waals surface area contributed by atoms with E-state index in [1.54, 1.807) is 0 Å². The van der Waals surface area contributed by atoms with Crippen LogP contribution in [-0.2, 0) is 7.05 Å². The summed E-state index contributed by atoms with van der Waals surface area (Å²) in [7, 11) is 2.03. The number of nitrogens with zero attached hydrogens (tertiary/aromatic N) is 2. The molecule has 1 aromatic carbocycles. The van der Waals surface area contributed by atoms with Gasteiger partial charge in [-0.25, -0.2) is 4.98 Å². The van der Waals surface area contributed by atoms with Gasteiger partial charge < -0.3 is 4.57 Å². The number of aryl methyl sites for hydroxylation is 2. The van der Waals surface area contributed by atoms with E-state index in [1.807, 2.05) is 39.1 Å². The van der Waals surface area contributed by atoms with Crippen LogP contribution in [0, 0.1) is 6.92 Å². The molecular weight excluding hydrogens is 236 g/mol. The lowest BCUT2D eigenvalue weighted by atomic mass is 10.1. The minimum atomic E-state index is 0.0928. The Balaban J connectivity index is 2.46. The van der Waals surface area contributed by atoms with E-state index in [2.05, 4.69) is 21.7 Å². The molecule has 0 spiro atoms. The lowest BCUT2D eigenvalue weighted by Gasteiger charge is -2.03. The smallest absolute Gasteiger partial charge is 0.180 e. The SMILES string of the molecule is CCC(=O)c1cc2c(c(C)n1)c1ccccc1n2C. The molecule has 0 aliphatic carbocycles. The minimum Gasteiger partial charge on any atom is -0.343 e. The highest BCUT2D eigenvalue weighted by Crippen LogP contribution is 2.30. The predicted octanol–water partition coefficient (Wildman–Crippen LogP) is 3.63. The average Bonchev–Trinajstić information content (AvgIpc) is 2.72. The number of benzene rings is 1. The molecule has 3 nitrogen and oxygen atoms in total. The van der Waals surface area contributed by atoms with Crippen LogP contribution in [-0.4, -0.2) is 15.3 Å². The zero-order valence-corrected chi connectivity index (χ0v) is 11.4. The number of Topliss-reactive ketones (excluding diaryl/α,β-unsaturated/α-hetero) is 1. The lowest BCUT2D eigenvalue weighted by Crippen LogP contribution is -2.02.